The fourth-order valence-corrected chi connectivity index (χ4v) is 8.53. The second-order valence-corrected chi connectivity index (χ2v) is 19.7. The highest BCUT2D eigenvalue weighted by Gasteiger charge is 2.19. The van der Waals surface area contributed by atoms with Crippen LogP contribution in [-0.2, 0) is 28.6 Å². The monoisotopic (exact) mass is 951 g/mol. The number of esters is 3. The molecule has 0 rings (SSSR count). The highest BCUT2D eigenvalue weighted by atomic mass is 16.6. The third-order valence-corrected chi connectivity index (χ3v) is 12.9. The van der Waals surface area contributed by atoms with Gasteiger partial charge in [0, 0.05) is 19.3 Å². The smallest absolute Gasteiger partial charge is 0.306 e. The van der Waals surface area contributed by atoms with Gasteiger partial charge in [0.15, 0.2) is 6.10 Å². The average molecular weight is 952 g/mol. The zero-order valence-corrected chi connectivity index (χ0v) is 45.1. The van der Waals surface area contributed by atoms with Gasteiger partial charge in [0.2, 0.25) is 0 Å². The summed E-state index contributed by atoms with van der Waals surface area (Å²) in [7, 11) is 0. The van der Waals surface area contributed by atoms with E-state index in [1.54, 1.807) is 0 Å². The standard InChI is InChI=1S/C62H110O6/c1-4-7-10-13-16-19-22-25-27-29-31-33-34-37-40-43-46-49-52-55-61(64)67-58-59(57-66-60(63)54-51-48-45-42-39-36-24-21-18-15-12-9-6-3)68-62(65)56-53-50-47-44-41-38-35-32-30-28-26-23-20-17-14-11-8-5-2/h9,12,15,18,21,24,36,39,42,45,59H,4-8,10-11,13-14,16-17,19-20,22-23,25-35,37-38,40-41,43-44,46-58H2,1-3H3/b12-9-,18-15-,24-21-,39-36-,45-42-. The van der Waals surface area contributed by atoms with Gasteiger partial charge in [0.25, 0.3) is 0 Å². The molecular formula is C62H110O6. The first kappa shape index (κ1) is 65.1. The Labute approximate surface area is 421 Å². The van der Waals surface area contributed by atoms with Crippen molar-refractivity contribution in [2.75, 3.05) is 13.2 Å². The highest BCUT2D eigenvalue weighted by molar-refractivity contribution is 5.71. The third kappa shape index (κ3) is 54.1. The summed E-state index contributed by atoms with van der Waals surface area (Å²) in [5.74, 6) is -0.953. The molecular weight excluding hydrogens is 841 g/mol. The minimum absolute atomic E-state index is 0.0924. The summed E-state index contributed by atoms with van der Waals surface area (Å²) >= 11 is 0. The second kappa shape index (κ2) is 56.7. The predicted molar refractivity (Wildman–Crippen MR) is 293 cm³/mol. The van der Waals surface area contributed by atoms with Crippen molar-refractivity contribution in [3.8, 4) is 0 Å². The Bertz CT molecular complexity index is 1230. The van der Waals surface area contributed by atoms with Gasteiger partial charge < -0.3 is 14.2 Å². The van der Waals surface area contributed by atoms with E-state index in [-0.39, 0.29) is 37.5 Å². The molecule has 0 aromatic rings. The Balaban J connectivity index is 4.37. The molecule has 0 amide bonds. The molecule has 0 N–H and O–H groups in total. The van der Waals surface area contributed by atoms with Gasteiger partial charge in [0.1, 0.15) is 13.2 Å². The molecule has 68 heavy (non-hydrogen) atoms. The Morgan fingerprint density at radius 2 is 0.574 bits per heavy atom. The first-order chi connectivity index (χ1) is 33.5. The molecule has 0 fully saturated rings. The average Bonchev–Trinajstić information content (AvgIpc) is 3.34. The van der Waals surface area contributed by atoms with E-state index in [1.165, 1.54) is 199 Å². The van der Waals surface area contributed by atoms with Crippen molar-refractivity contribution in [3.05, 3.63) is 60.8 Å². The molecule has 394 valence electrons. The van der Waals surface area contributed by atoms with Crippen LogP contribution in [0.2, 0.25) is 0 Å². The van der Waals surface area contributed by atoms with Crippen LogP contribution in [-0.4, -0.2) is 37.2 Å². The van der Waals surface area contributed by atoms with Gasteiger partial charge in [-0.05, 0) is 32.1 Å². The first-order valence-electron chi connectivity index (χ1n) is 29.4. The molecule has 0 aliphatic carbocycles. The van der Waals surface area contributed by atoms with Crippen molar-refractivity contribution >= 4 is 17.9 Å². The fourth-order valence-electron chi connectivity index (χ4n) is 8.53. The van der Waals surface area contributed by atoms with Crippen molar-refractivity contribution in [1.29, 1.82) is 0 Å². The van der Waals surface area contributed by atoms with Gasteiger partial charge in [0.05, 0.1) is 0 Å². The van der Waals surface area contributed by atoms with Crippen molar-refractivity contribution in [3.63, 3.8) is 0 Å². The van der Waals surface area contributed by atoms with Gasteiger partial charge in [-0.1, -0.05) is 306 Å². The van der Waals surface area contributed by atoms with Crippen molar-refractivity contribution < 1.29 is 28.6 Å². The lowest BCUT2D eigenvalue weighted by Crippen LogP contribution is -2.30. The summed E-state index contributed by atoms with van der Waals surface area (Å²) in [5.41, 5.74) is 0. The molecule has 1 atom stereocenters. The van der Waals surface area contributed by atoms with E-state index in [2.05, 4.69) is 26.8 Å². The number of carbonyl (C=O) groups is 3. The third-order valence-electron chi connectivity index (χ3n) is 12.9. The molecule has 0 aliphatic rings. The van der Waals surface area contributed by atoms with Crippen LogP contribution in [0, 0.1) is 0 Å². The largest absolute Gasteiger partial charge is 0.462 e. The summed E-state index contributed by atoms with van der Waals surface area (Å²) in [6, 6.07) is 0. The molecule has 1 unspecified atom stereocenters. The van der Waals surface area contributed by atoms with Crippen molar-refractivity contribution in [2.45, 2.75) is 303 Å². The molecule has 0 bridgehead atoms. The Morgan fingerprint density at radius 1 is 0.309 bits per heavy atom. The summed E-state index contributed by atoms with van der Waals surface area (Å²) < 4.78 is 16.8. The van der Waals surface area contributed by atoms with Crippen LogP contribution in [0.1, 0.15) is 297 Å². The molecule has 0 radical (unpaired) electrons. The number of rotatable bonds is 53. The summed E-state index contributed by atoms with van der Waals surface area (Å²) in [4.78, 5) is 38.1. The van der Waals surface area contributed by atoms with Gasteiger partial charge in [-0.15, -0.1) is 0 Å². The molecule has 0 aliphatic heterocycles. The van der Waals surface area contributed by atoms with Crippen molar-refractivity contribution in [1.82, 2.24) is 0 Å². The number of hydrogen-bond donors (Lipinski definition) is 0. The first-order valence-corrected chi connectivity index (χ1v) is 29.4. The Kier molecular flexibility index (Phi) is 54.3. The second-order valence-electron chi connectivity index (χ2n) is 19.7. The number of carbonyl (C=O) groups excluding carboxylic acids is 3. The molecule has 6 heteroatoms. The van der Waals surface area contributed by atoms with Crippen LogP contribution in [0.25, 0.3) is 0 Å². The SMILES string of the molecule is CC\C=C/C=C\C=C/C=C\C=C/CCCC(=O)OCC(COC(=O)CCCCCCCCCCCCCCCCCCCCC)OC(=O)CCCCCCCCCCCCCCCCCCCC. The zero-order chi connectivity index (χ0) is 49.3. The van der Waals surface area contributed by atoms with E-state index >= 15 is 0 Å². The number of ether oxygens (including phenoxy) is 3. The lowest BCUT2D eigenvalue weighted by molar-refractivity contribution is -0.167. The summed E-state index contributed by atoms with van der Waals surface area (Å²) in [6.45, 7) is 6.48. The molecule has 0 aromatic carbocycles. The van der Waals surface area contributed by atoms with Crippen molar-refractivity contribution in [2.24, 2.45) is 0 Å². The lowest BCUT2D eigenvalue weighted by Gasteiger charge is -2.18. The molecule has 0 aromatic heterocycles. The minimum Gasteiger partial charge on any atom is -0.462 e. The number of hydrogen-bond acceptors (Lipinski definition) is 6. The number of allylic oxidation sites excluding steroid dienone is 10. The maximum absolute atomic E-state index is 12.9. The highest BCUT2D eigenvalue weighted by Crippen LogP contribution is 2.17. The van der Waals surface area contributed by atoms with E-state index < -0.39 is 6.10 Å². The fraction of sp³-hybridized carbons (Fsp3) is 0.790. The van der Waals surface area contributed by atoms with Crippen LogP contribution >= 0.6 is 0 Å². The van der Waals surface area contributed by atoms with Gasteiger partial charge in [-0.25, -0.2) is 0 Å². The Hall–Kier alpha value is -2.89. The van der Waals surface area contributed by atoms with E-state index in [1.807, 2.05) is 54.7 Å². The van der Waals surface area contributed by atoms with Gasteiger partial charge in [-0.3, -0.25) is 14.4 Å². The number of unbranched alkanes of at least 4 members (excludes halogenated alkanes) is 36. The molecule has 0 heterocycles. The Morgan fingerprint density at radius 3 is 0.897 bits per heavy atom. The molecule has 0 saturated carbocycles. The zero-order valence-electron chi connectivity index (χ0n) is 45.1. The topological polar surface area (TPSA) is 78.9 Å². The summed E-state index contributed by atoms with van der Waals surface area (Å²) in [5, 5.41) is 0. The van der Waals surface area contributed by atoms with Gasteiger partial charge in [-0.2, -0.15) is 0 Å². The maximum atomic E-state index is 12.9. The molecule has 0 saturated heterocycles. The van der Waals surface area contributed by atoms with Crippen LogP contribution in [0.3, 0.4) is 0 Å². The maximum Gasteiger partial charge on any atom is 0.306 e. The predicted octanol–water partition coefficient (Wildman–Crippen LogP) is 19.6. The van der Waals surface area contributed by atoms with E-state index in [0.717, 1.165) is 51.4 Å². The molecule has 6 nitrogen and oxygen atoms in total. The van der Waals surface area contributed by atoms with Crippen LogP contribution in [0.5, 0.6) is 0 Å². The minimum atomic E-state index is -0.799. The van der Waals surface area contributed by atoms with E-state index in [4.69, 9.17) is 14.2 Å². The lowest BCUT2D eigenvalue weighted by atomic mass is 10.0. The summed E-state index contributed by atoms with van der Waals surface area (Å²) in [6.07, 6.45) is 70.9. The normalized spacial score (nSPS) is 12.5. The van der Waals surface area contributed by atoms with Crippen LogP contribution in [0.4, 0.5) is 0 Å². The van der Waals surface area contributed by atoms with Crippen LogP contribution < -0.4 is 0 Å². The van der Waals surface area contributed by atoms with Gasteiger partial charge >= 0.3 is 17.9 Å². The van der Waals surface area contributed by atoms with Crippen LogP contribution in [0.15, 0.2) is 60.8 Å². The van der Waals surface area contributed by atoms with E-state index in [9.17, 15) is 14.4 Å². The molecule has 0 spiro atoms. The quantitative estimate of drug-likeness (QED) is 0.0262. The van der Waals surface area contributed by atoms with E-state index in [0.29, 0.717) is 19.3 Å².